The van der Waals surface area contributed by atoms with Gasteiger partial charge >= 0.3 is 0 Å². The fraction of sp³-hybridized carbons (Fsp3) is 0.647. The van der Waals surface area contributed by atoms with E-state index in [1.807, 2.05) is 12.1 Å². The summed E-state index contributed by atoms with van der Waals surface area (Å²) in [7, 11) is 0. The zero-order valence-electron chi connectivity index (χ0n) is 12.6. The molecule has 112 valence electrons. The number of hydrogen-bond donors (Lipinski definition) is 1. The van der Waals surface area contributed by atoms with Gasteiger partial charge in [-0.15, -0.1) is 0 Å². The van der Waals surface area contributed by atoms with Crippen LogP contribution in [0.5, 0.6) is 0 Å². The molecule has 1 N–H and O–H groups in total. The van der Waals surface area contributed by atoms with Gasteiger partial charge in [0.15, 0.2) is 0 Å². The quantitative estimate of drug-likeness (QED) is 0.692. The van der Waals surface area contributed by atoms with E-state index >= 15 is 0 Å². The van der Waals surface area contributed by atoms with Crippen LogP contribution >= 0.6 is 0 Å². The summed E-state index contributed by atoms with van der Waals surface area (Å²) in [6.45, 7) is 6.93. The number of ether oxygens (including phenoxy) is 1. The van der Waals surface area contributed by atoms with Crippen molar-refractivity contribution >= 4 is 0 Å². The molecule has 0 bridgehead atoms. The van der Waals surface area contributed by atoms with Crippen molar-refractivity contribution in [2.45, 2.75) is 39.2 Å². The van der Waals surface area contributed by atoms with Gasteiger partial charge in [-0.3, -0.25) is 0 Å². The van der Waals surface area contributed by atoms with Gasteiger partial charge in [-0.1, -0.05) is 26.0 Å². The summed E-state index contributed by atoms with van der Waals surface area (Å²) >= 11 is 0. The van der Waals surface area contributed by atoms with Crippen LogP contribution in [0.4, 0.5) is 4.39 Å². The highest BCUT2D eigenvalue weighted by Crippen LogP contribution is 2.40. The Morgan fingerprint density at radius 2 is 1.95 bits per heavy atom. The molecule has 1 atom stereocenters. The molecule has 1 aliphatic rings. The SMILES string of the molecule is CC(C)COCCCNC(c1ccc(F)cc1)C1CC1. The fourth-order valence-electron chi connectivity index (χ4n) is 2.41. The minimum absolute atomic E-state index is 0.162. The largest absolute Gasteiger partial charge is 0.381 e. The van der Waals surface area contributed by atoms with Gasteiger partial charge in [0.1, 0.15) is 5.82 Å². The lowest BCUT2D eigenvalue weighted by atomic mass is 10.0. The molecule has 0 aromatic heterocycles. The van der Waals surface area contributed by atoms with Gasteiger partial charge in [0.05, 0.1) is 0 Å². The number of hydrogen-bond acceptors (Lipinski definition) is 2. The van der Waals surface area contributed by atoms with Gasteiger partial charge in [-0.25, -0.2) is 4.39 Å². The topological polar surface area (TPSA) is 21.3 Å². The maximum atomic E-state index is 13.0. The van der Waals surface area contributed by atoms with Crippen molar-refractivity contribution in [3.63, 3.8) is 0 Å². The van der Waals surface area contributed by atoms with Crippen molar-refractivity contribution < 1.29 is 9.13 Å². The van der Waals surface area contributed by atoms with E-state index < -0.39 is 0 Å². The second-order valence-electron chi connectivity index (χ2n) is 6.14. The lowest BCUT2D eigenvalue weighted by Crippen LogP contribution is -2.25. The highest BCUT2D eigenvalue weighted by atomic mass is 19.1. The first-order valence-electron chi connectivity index (χ1n) is 7.73. The Balaban J connectivity index is 1.72. The Morgan fingerprint density at radius 3 is 2.55 bits per heavy atom. The molecule has 1 fully saturated rings. The third-order valence-electron chi connectivity index (χ3n) is 3.60. The highest BCUT2D eigenvalue weighted by Gasteiger charge is 2.31. The minimum atomic E-state index is -0.162. The summed E-state index contributed by atoms with van der Waals surface area (Å²) in [5.41, 5.74) is 1.21. The van der Waals surface area contributed by atoms with Crippen molar-refractivity contribution in [2.75, 3.05) is 19.8 Å². The predicted molar refractivity (Wildman–Crippen MR) is 80.1 cm³/mol. The average Bonchev–Trinajstić information content (AvgIpc) is 3.23. The van der Waals surface area contributed by atoms with E-state index in [1.54, 1.807) is 12.1 Å². The van der Waals surface area contributed by atoms with Crippen molar-refractivity contribution in [1.82, 2.24) is 5.32 Å². The normalized spacial score (nSPS) is 16.6. The van der Waals surface area contributed by atoms with E-state index in [0.29, 0.717) is 12.0 Å². The van der Waals surface area contributed by atoms with Crippen LogP contribution in [0.3, 0.4) is 0 Å². The third kappa shape index (κ3) is 5.22. The number of benzene rings is 1. The van der Waals surface area contributed by atoms with E-state index in [1.165, 1.54) is 18.4 Å². The average molecular weight is 279 g/mol. The summed E-state index contributed by atoms with van der Waals surface area (Å²) < 4.78 is 18.6. The standard InChI is InChI=1S/C17H26FNO/c1-13(2)12-20-11-3-10-19-17(14-4-5-14)15-6-8-16(18)9-7-15/h6-9,13-14,17,19H,3-5,10-12H2,1-2H3. The monoisotopic (exact) mass is 279 g/mol. The lowest BCUT2D eigenvalue weighted by Gasteiger charge is -2.19. The van der Waals surface area contributed by atoms with Crippen molar-refractivity contribution in [3.05, 3.63) is 35.6 Å². The molecular weight excluding hydrogens is 253 g/mol. The Morgan fingerprint density at radius 1 is 1.25 bits per heavy atom. The maximum absolute atomic E-state index is 13.0. The van der Waals surface area contributed by atoms with Crippen molar-refractivity contribution in [3.8, 4) is 0 Å². The molecular formula is C17H26FNO. The van der Waals surface area contributed by atoms with Crippen LogP contribution in [0.15, 0.2) is 24.3 Å². The van der Waals surface area contributed by atoms with Crippen LogP contribution < -0.4 is 5.32 Å². The van der Waals surface area contributed by atoms with Crippen LogP contribution in [0, 0.1) is 17.7 Å². The molecule has 0 amide bonds. The van der Waals surface area contributed by atoms with Crippen molar-refractivity contribution in [1.29, 1.82) is 0 Å². The number of halogens is 1. The Hall–Kier alpha value is -0.930. The Kier molecular flexibility index (Phi) is 5.99. The Bertz CT molecular complexity index is 386. The Labute approximate surface area is 121 Å². The van der Waals surface area contributed by atoms with Gasteiger partial charge in [0.25, 0.3) is 0 Å². The van der Waals surface area contributed by atoms with E-state index in [4.69, 9.17) is 4.74 Å². The zero-order valence-corrected chi connectivity index (χ0v) is 12.6. The zero-order chi connectivity index (χ0) is 14.4. The molecule has 1 aromatic carbocycles. The molecule has 0 heterocycles. The van der Waals surface area contributed by atoms with Crippen LogP contribution in [0.2, 0.25) is 0 Å². The second kappa shape index (κ2) is 7.75. The van der Waals surface area contributed by atoms with E-state index in [0.717, 1.165) is 32.1 Å². The second-order valence-corrected chi connectivity index (χ2v) is 6.14. The molecule has 0 radical (unpaired) electrons. The predicted octanol–water partition coefficient (Wildman–Crippen LogP) is 3.93. The molecule has 0 saturated heterocycles. The summed E-state index contributed by atoms with van der Waals surface area (Å²) in [5, 5.41) is 3.60. The van der Waals surface area contributed by atoms with Gasteiger partial charge in [-0.2, -0.15) is 0 Å². The number of rotatable bonds is 9. The molecule has 0 spiro atoms. The van der Waals surface area contributed by atoms with Gasteiger partial charge in [0.2, 0.25) is 0 Å². The molecule has 0 aliphatic heterocycles. The van der Waals surface area contributed by atoms with E-state index in [-0.39, 0.29) is 5.82 Å². The minimum Gasteiger partial charge on any atom is -0.381 e. The number of nitrogens with one attached hydrogen (secondary N) is 1. The summed E-state index contributed by atoms with van der Waals surface area (Å²) in [4.78, 5) is 0. The molecule has 1 aliphatic carbocycles. The van der Waals surface area contributed by atoms with Crippen LogP contribution in [-0.4, -0.2) is 19.8 Å². The summed E-state index contributed by atoms with van der Waals surface area (Å²) in [5.74, 6) is 1.16. The smallest absolute Gasteiger partial charge is 0.123 e. The molecule has 1 saturated carbocycles. The van der Waals surface area contributed by atoms with Crippen molar-refractivity contribution in [2.24, 2.45) is 11.8 Å². The fourth-order valence-corrected chi connectivity index (χ4v) is 2.41. The molecule has 20 heavy (non-hydrogen) atoms. The molecule has 1 aromatic rings. The van der Waals surface area contributed by atoms with Gasteiger partial charge in [-0.05, 0) is 55.3 Å². The lowest BCUT2D eigenvalue weighted by molar-refractivity contribution is 0.107. The first-order valence-corrected chi connectivity index (χ1v) is 7.73. The molecule has 1 unspecified atom stereocenters. The van der Waals surface area contributed by atoms with Crippen LogP contribution in [0.25, 0.3) is 0 Å². The van der Waals surface area contributed by atoms with Gasteiger partial charge in [0, 0.05) is 19.3 Å². The highest BCUT2D eigenvalue weighted by molar-refractivity contribution is 5.21. The summed E-state index contributed by atoms with van der Waals surface area (Å²) in [6.07, 6.45) is 3.58. The third-order valence-corrected chi connectivity index (χ3v) is 3.60. The maximum Gasteiger partial charge on any atom is 0.123 e. The van der Waals surface area contributed by atoms with Gasteiger partial charge < -0.3 is 10.1 Å². The van der Waals surface area contributed by atoms with Crippen LogP contribution in [-0.2, 0) is 4.74 Å². The summed E-state index contributed by atoms with van der Waals surface area (Å²) in [6, 6.07) is 7.29. The van der Waals surface area contributed by atoms with E-state index in [2.05, 4.69) is 19.2 Å². The van der Waals surface area contributed by atoms with Crippen LogP contribution in [0.1, 0.15) is 44.7 Å². The molecule has 3 heteroatoms. The molecule has 2 rings (SSSR count). The van der Waals surface area contributed by atoms with E-state index in [9.17, 15) is 4.39 Å². The first-order chi connectivity index (χ1) is 9.66. The molecule has 2 nitrogen and oxygen atoms in total. The first kappa shape index (κ1) is 15.5.